The summed E-state index contributed by atoms with van der Waals surface area (Å²) in [6, 6.07) is 6.57. The van der Waals surface area contributed by atoms with Gasteiger partial charge in [-0.05, 0) is 42.8 Å². The highest BCUT2D eigenvalue weighted by Crippen LogP contribution is 2.29. The molecule has 2 aromatic rings. The molecule has 0 saturated heterocycles. The molecule has 0 bridgehead atoms. The molecular formula is C13H9ClF2O3S. The van der Waals surface area contributed by atoms with Crippen molar-refractivity contribution in [2.24, 2.45) is 0 Å². The molecule has 7 heteroatoms. The van der Waals surface area contributed by atoms with Crippen LogP contribution in [0.5, 0.6) is 5.75 Å². The Bertz CT molecular complexity index is 760. The number of rotatable bonds is 3. The van der Waals surface area contributed by atoms with Crippen LogP contribution in [0, 0.1) is 18.6 Å². The first-order valence-corrected chi connectivity index (χ1v) is 7.24. The fourth-order valence-electron chi connectivity index (χ4n) is 1.51. The Morgan fingerprint density at radius 3 is 2.50 bits per heavy atom. The summed E-state index contributed by atoms with van der Waals surface area (Å²) in [5, 5.41) is 0.0518. The van der Waals surface area contributed by atoms with Crippen LogP contribution >= 0.6 is 11.6 Å². The Labute approximate surface area is 119 Å². The zero-order chi connectivity index (χ0) is 14.9. The van der Waals surface area contributed by atoms with Crippen molar-refractivity contribution < 1.29 is 21.4 Å². The Morgan fingerprint density at radius 1 is 1.10 bits per heavy atom. The molecule has 106 valence electrons. The molecule has 0 fully saturated rings. The van der Waals surface area contributed by atoms with Gasteiger partial charge >= 0.3 is 10.1 Å². The van der Waals surface area contributed by atoms with Gasteiger partial charge in [0, 0.05) is 0 Å². The third-order valence-corrected chi connectivity index (χ3v) is 4.01. The van der Waals surface area contributed by atoms with E-state index in [1.165, 1.54) is 12.1 Å². The number of hydrogen-bond acceptors (Lipinski definition) is 3. The second-order valence-electron chi connectivity index (χ2n) is 4.05. The zero-order valence-electron chi connectivity index (χ0n) is 10.2. The summed E-state index contributed by atoms with van der Waals surface area (Å²) < 4.78 is 55.2. The molecule has 2 rings (SSSR count). The minimum absolute atomic E-state index is 0.0518. The van der Waals surface area contributed by atoms with E-state index in [2.05, 4.69) is 0 Å². The standard InChI is InChI=1S/C13H9ClF2O3S/c1-8-2-4-10(14)12(6-8)19-20(17,18)13-7-9(15)3-5-11(13)16/h2-7H,1H3. The molecule has 0 unspecified atom stereocenters. The molecule has 3 nitrogen and oxygen atoms in total. The number of halogens is 3. The molecular weight excluding hydrogens is 310 g/mol. The highest BCUT2D eigenvalue weighted by Gasteiger charge is 2.23. The van der Waals surface area contributed by atoms with Crippen molar-refractivity contribution in [2.45, 2.75) is 11.8 Å². The predicted octanol–water partition coefficient (Wildman–Crippen LogP) is 3.69. The van der Waals surface area contributed by atoms with Crippen LogP contribution in [0.3, 0.4) is 0 Å². The van der Waals surface area contributed by atoms with Crippen molar-refractivity contribution in [3.63, 3.8) is 0 Å². The average molecular weight is 319 g/mol. The van der Waals surface area contributed by atoms with E-state index in [-0.39, 0.29) is 10.8 Å². The van der Waals surface area contributed by atoms with Gasteiger partial charge in [-0.2, -0.15) is 8.42 Å². The number of benzene rings is 2. The van der Waals surface area contributed by atoms with E-state index in [1.807, 2.05) is 0 Å². The second-order valence-corrected chi connectivity index (χ2v) is 5.97. The van der Waals surface area contributed by atoms with Crippen molar-refractivity contribution in [2.75, 3.05) is 0 Å². The van der Waals surface area contributed by atoms with E-state index in [1.54, 1.807) is 13.0 Å². The Hall–Kier alpha value is -1.66. The van der Waals surface area contributed by atoms with Gasteiger partial charge in [0.15, 0.2) is 5.75 Å². The first-order valence-electron chi connectivity index (χ1n) is 5.45. The van der Waals surface area contributed by atoms with Crippen molar-refractivity contribution >= 4 is 21.7 Å². The maximum atomic E-state index is 13.5. The van der Waals surface area contributed by atoms with E-state index in [0.717, 1.165) is 6.07 Å². The van der Waals surface area contributed by atoms with Crippen molar-refractivity contribution in [1.29, 1.82) is 0 Å². The number of hydrogen-bond donors (Lipinski definition) is 0. The van der Waals surface area contributed by atoms with Gasteiger partial charge < -0.3 is 4.18 Å². The van der Waals surface area contributed by atoms with Gasteiger partial charge in [-0.25, -0.2) is 8.78 Å². The van der Waals surface area contributed by atoms with Crippen LogP contribution < -0.4 is 4.18 Å². The summed E-state index contributed by atoms with van der Waals surface area (Å²) in [7, 11) is -4.51. The smallest absolute Gasteiger partial charge is 0.342 e. The predicted molar refractivity (Wildman–Crippen MR) is 70.4 cm³/mol. The Kier molecular flexibility index (Phi) is 3.96. The average Bonchev–Trinajstić information content (AvgIpc) is 2.36. The lowest BCUT2D eigenvalue weighted by molar-refractivity contribution is 0.473. The highest BCUT2D eigenvalue weighted by atomic mass is 35.5. The molecule has 0 aliphatic rings. The van der Waals surface area contributed by atoms with Crippen LogP contribution in [0.25, 0.3) is 0 Å². The molecule has 20 heavy (non-hydrogen) atoms. The van der Waals surface area contributed by atoms with Gasteiger partial charge in [0.05, 0.1) is 5.02 Å². The molecule has 0 heterocycles. The quantitative estimate of drug-likeness (QED) is 0.811. The molecule has 0 spiro atoms. The topological polar surface area (TPSA) is 43.4 Å². The Balaban J connectivity index is 2.46. The van der Waals surface area contributed by atoms with Crippen LogP contribution in [-0.4, -0.2) is 8.42 Å². The van der Waals surface area contributed by atoms with Gasteiger partial charge in [0.25, 0.3) is 0 Å². The molecule has 0 atom stereocenters. The zero-order valence-corrected chi connectivity index (χ0v) is 11.8. The fraction of sp³-hybridized carbons (Fsp3) is 0.0769. The SMILES string of the molecule is Cc1ccc(Cl)c(OS(=O)(=O)c2cc(F)ccc2F)c1. The van der Waals surface area contributed by atoms with Gasteiger partial charge in [-0.1, -0.05) is 17.7 Å². The van der Waals surface area contributed by atoms with E-state index in [9.17, 15) is 17.2 Å². The van der Waals surface area contributed by atoms with Crippen molar-refractivity contribution in [3.8, 4) is 5.75 Å². The third-order valence-electron chi connectivity index (χ3n) is 2.45. The molecule has 0 N–H and O–H groups in total. The fourth-order valence-corrected chi connectivity index (χ4v) is 2.74. The first-order chi connectivity index (χ1) is 9.29. The van der Waals surface area contributed by atoms with E-state index >= 15 is 0 Å². The Morgan fingerprint density at radius 2 is 1.80 bits per heavy atom. The van der Waals surface area contributed by atoms with Crippen LogP contribution in [0.15, 0.2) is 41.3 Å². The van der Waals surface area contributed by atoms with Crippen molar-refractivity contribution in [1.82, 2.24) is 0 Å². The second kappa shape index (κ2) is 5.38. The van der Waals surface area contributed by atoms with Crippen LogP contribution in [0.1, 0.15) is 5.56 Å². The molecule has 0 aromatic heterocycles. The summed E-state index contributed by atoms with van der Waals surface area (Å²) >= 11 is 5.80. The van der Waals surface area contributed by atoms with Crippen LogP contribution in [0.4, 0.5) is 8.78 Å². The van der Waals surface area contributed by atoms with Gasteiger partial charge in [0.2, 0.25) is 0 Å². The summed E-state index contributed by atoms with van der Waals surface area (Å²) in [4.78, 5) is -0.880. The molecule has 0 aliphatic heterocycles. The number of aryl methyl sites for hydroxylation is 1. The normalized spacial score (nSPS) is 11.4. The molecule has 2 aromatic carbocycles. The van der Waals surface area contributed by atoms with E-state index in [4.69, 9.17) is 15.8 Å². The highest BCUT2D eigenvalue weighted by molar-refractivity contribution is 7.87. The lowest BCUT2D eigenvalue weighted by Gasteiger charge is -2.09. The lowest BCUT2D eigenvalue weighted by Crippen LogP contribution is -2.12. The minimum Gasteiger partial charge on any atom is -0.377 e. The summed E-state index contributed by atoms with van der Waals surface area (Å²) in [5.74, 6) is -2.13. The molecule has 0 amide bonds. The lowest BCUT2D eigenvalue weighted by atomic mass is 10.2. The summed E-state index contributed by atoms with van der Waals surface area (Å²) in [6.07, 6.45) is 0. The maximum Gasteiger partial charge on any atom is 0.342 e. The van der Waals surface area contributed by atoms with Crippen LogP contribution in [0.2, 0.25) is 5.02 Å². The minimum atomic E-state index is -4.51. The van der Waals surface area contributed by atoms with Gasteiger partial charge in [0.1, 0.15) is 16.5 Å². The van der Waals surface area contributed by atoms with Crippen molar-refractivity contribution in [3.05, 3.63) is 58.6 Å². The van der Waals surface area contributed by atoms with Crippen LogP contribution in [-0.2, 0) is 10.1 Å². The molecule has 0 aliphatic carbocycles. The summed E-state index contributed by atoms with van der Waals surface area (Å²) in [6.45, 7) is 1.71. The first kappa shape index (κ1) is 14.7. The monoisotopic (exact) mass is 318 g/mol. The molecule has 0 saturated carbocycles. The summed E-state index contributed by atoms with van der Waals surface area (Å²) in [5.41, 5.74) is 0.708. The maximum absolute atomic E-state index is 13.5. The largest absolute Gasteiger partial charge is 0.377 e. The van der Waals surface area contributed by atoms with Gasteiger partial charge in [-0.3, -0.25) is 0 Å². The molecule has 0 radical (unpaired) electrons. The van der Waals surface area contributed by atoms with E-state index < -0.39 is 26.6 Å². The van der Waals surface area contributed by atoms with E-state index in [0.29, 0.717) is 17.7 Å². The third kappa shape index (κ3) is 3.08. The van der Waals surface area contributed by atoms with Gasteiger partial charge in [-0.15, -0.1) is 0 Å².